The van der Waals surface area contributed by atoms with Crippen LogP contribution in [-0.4, -0.2) is 48.1 Å². The molecule has 2 aromatic rings. The molecule has 2 fully saturated rings. The number of anilines is 1. The number of rotatable bonds is 3. The number of nitrogens with one attached hydrogen (secondary N) is 1. The largest absolute Gasteiger partial charge is 0.379 e. The normalized spacial score (nSPS) is 25.0. The number of ether oxygens (including phenoxy) is 1. The van der Waals surface area contributed by atoms with Crippen molar-refractivity contribution in [2.24, 2.45) is 5.92 Å². The summed E-state index contributed by atoms with van der Waals surface area (Å²) in [6.45, 7) is 3.42. The van der Waals surface area contributed by atoms with Gasteiger partial charge in [-0.25, -0.2) is 0 Å². The number of benzene rings is 1. The third-order valence-electron chi connectivity index (χ3n) is 5.22. The van der Waals surface area contributed by atoms with Gasteiger partial charge < -0.3 is 10.1 Å². The highest BCUT2D eigenvalue weighted by molar-refractivity contribution is 6.01. The Balaban J connectivity index is 1.52. The fourth-order valence-electron chi connectivity index (χ4n) is 4.02. The molecule has 5 heteroatoms. The molecule has 1 aromatic carbocycles. The van der Waals surface area contributed by atoms with Gasteiger partial charge in [0.2, 0.25) is 5.91 Å². The van der Waals surface area contributed by atoms with Crippen LogP contribution in [-0.2, 0) is 9.53 Å². The number of nitrogens with zero attached hydrogens (tertiary/aromatic N) is 2. The van der Waals surface area contributed by atoms with Crippen LogP contribution in [0.5, 0.6) is 0 Å². The summed E-state index contributed by atoms with van der Waals surface area (Å²) in [5.41, 5.74) is 1.67. The summed E-state index contributed by atoms with van der Waals surface area (Å²) in [4.78, 5) is 19.8. The topological polar surface area (TPSA) is 54.5 Å². The van der Waals surface area contributed by atoms with E-state index in [0.717, 1.165) is 62.2 Å². The molecule has 0 unspecified atom stereocenters. The second-order valence-electron chi connectivity index (χ2n) is 6.62. The Labute approximate surface area is 142 Å². The van der Waals surface area contributed by atoms with E-state index in [1.807, 2.05) is 30.3 Å². The van der Waals surface area contributed by atoms with Crippen LogP contribution in [0.1, 0.15) is 19.3 Å². The van der Waals surface area contributed by atoms with E-state index >= 15 is 0 Å². The molecule has 2 atom stereocenters. The number of pyridine rings is 1. The number of hydrogen-bond acceptors (Lipinski definition) is 4. The van der Waals surface area contributed by atoms with Gasteiger partial charge in [-0.2, -0.15) is 0 Å². The average molecular weight is 325 g/mol. The predicted octanol–water partition coefficient (Wildman–Crippen LogP) is 2.67. The Morgan fingerprint density at radius 1 is 1.17 bits per heavy atom. The molecule has 0 radical (unpaired) electrons. The average Bonchev–Trinajstić information content (AvgIpc) is 3.13. The standard InChI is InChI=1S/C19H23N3O2/c23-19(15-6-2-8-17(15)22-10-12-24-13-11-22)21-16-7-1-4-14-5-3-9-20-18(14)16/h1,3-5,7,9,15,17H,2,6,8,10-13H2,(H,21,23)/t15-,17+/m0/s1. The lowest BCUT2D eigenvalue weighted by Crippen LogP contribution is -2.47. The highest BCUT2D eigenvalue weighted by Gasteiger charge is 2.37. The minimum atomic E-state index is 0.0575. The van der Waals surface area contributed by atoms with Crippen LogP contribution in [0.2, 0.25) is 0 Å². The van der Waals surface area contributed by atoms with Crippen molar-refractivity contribution in [3.05, 3.63) is 36.5 Å². The lowest BCUT2D eigenvalue weighted by atomic mass is 10.00. The Kier molecular flexibility index (Phi) is 4.45. The van der Waals surface area contributed by atoms with Gasteiger partial charge in [0.25, 0.3) is 0 Å². The molecule has 5 nitrogen and oxygen atoms in total. The van der Waals surface area contributed by atoms with Crippen LogP contribution >= 0.6 is 0 Å². The molecule has 0 spiro atoms. The Bertz CT molecular complexity index is 722. The van der Waals surface area contributed by atoms with E-state index in [1.165, 1.54) is 0 Å². The van der Waals surface area contributed by atoms with Crippen molar-refractivity contribution in [1.82, 2.24) is 9.88 Å². The van der Waals surface area contributed by atoms with Crippen LogP contribution in [0.4, 0.5) is 5.69 Å². The summed E-state index contributed by atoms with van der Waals surface area (Å²) in [7, 11) is 0. The Morgan fingerprint density at radius 2 is 2.00 bits per heavy atom. The molecule has 1 saturated carbocycles. The molecule has 1 aliphatic heterocycles. The van der Waals surface area contributed by atoms with Gasteiger partial charge in [-0.15, -0.1) is 0 Å². The van der Waals surface area contributed by atoms with Crippen molar-refractivity contribution in [2.75, 3.05) is 31.6 Å². The molecular weight excluding hydrogens is 302 g/mol. The minimum absolute atomic E-state index is 0.0575. The van der Waals surface area contributed by atoms with Gasteiger partial charge in [0, 0.05) is 30.7 Å². The van der Waals surface area contributed by atoms with Crippen LogP contribution in [0.3, 0.4) is 0 Å². The number of aromatic nitrogens is 1. The first-order valence-electron chi connectivity index (χ1n) is 8.79. The van der Waals surface area contributed by atoms with E-state index in [1.54, 1.807) is 6.20 Å². The summed E-state index contributed by atoms with van der Waals surface area (Å²) in [5.74, 6) is 0.184. The lowest BCUT2D eigenvalue weighted by molar-refractivity contribution is -0.122. The highest BCUT2D eigenvalue weighted by Crippen LogP contribution is 2.32. The first-order valence-corrected chi connectivity index (χ1v) is 8.79. The second kappa shape index (κ2) is 6.87. The molecule has 126 valence electrons. The van der Waals surface area contributed by atoms with Crippen LogP contribution in [0.15, 0.2) is 36.5 Å². The zero-order chi connectivity index (χ0) is 16.4. The van der Waals surface area contributed by atoms with E-state index in [4.69, 9.17) is 4.74 Å². The fourth-order valence-corrected chi connectivity index (χ4v) is 4.02. The molecular formula is C19H23N3O2. The monoisotopic (exact) mass is 325 g/mol. The molecule has 1 N–H and O–H groups in total. The predicted molar refractivity (Wildman–Crippen MR) is 93.9 cm³/mol. The van der Waals surface area contributed by atoms with E-state index in [2.05, 4.69) is 15.2 Å². The van der Waals surface area contributed by atoms with Crippen molar-refractivity contribution >= 4 is 22.5 Å². The quantitative estimate of drug-likeness (QED) is 0.943. The molecule has 24 heavy (non-hydrogen) atoms. The van der Waals surface area contributed by atoms with Gasteiger partial charge in [0.05, 0.1) is 30.3 Å². The molecule has 1 saturated heterocycles. The van der Waals surface area contributed by atoms with Crippen LogP contribution < -0.4 is 5.32 Å². The maximum Gasteiger partial charge on any atom is 0.229 e. The first kappa shape index (κ1) is 15.5. The number of para-hydroxylation sites is 1. The zero-order valence-electron chi connectivity index (χ0n) is 13.8. The van der Waals surface area contributed by atoms with Crippen LogP contribution in [0, 0.1) is 5.92 Å². The highest BCUT2D eigenvalue weighted by atomic mass is 16.5. The number of hydrogen-bond donors (Lipinski definition) is 1. The number of carbonyl (C=O) groups is 1. The minimum Gasteiger partial charge on any atom is -0.379 e. The lowest BCUT2D eigenvalue weighted by Gasteiger charge is -2.35. The summed E-state index contributed by atoms with van der Waals surface area (Å²) in [6, 6.07) is 10.2. The molecule has 0 bridgehead atoms. The first-order chi connectivity index (χ1) is 11.8. The molecule has 2 heterocycles. The van der Waals surface area contributed by atoms with Crippen molar-refractivity contribution < 1.29 is 9.53 Å². The summed E-state index contributed by atoms with van der Waals surface area (Å²) >= 11 is 0. The number of carbonyl (C=O) groups excluding carboxylic acids is 1. The number of fused-ring (bicyclic) bond motifs is 1. The Morgan fingerprint density at radius 3 is 2.88 bits per heavy atom. The maximum atomic E-state index is 12.9. The van der Waals surface area contributed by atoms with E-state index in [0.29, 0.717) is 6.04 Å². The van der Waals surface area contributed by atoms with Gasteiger partial charge in [0.1, 0.15) is 0 Å². The van der Waals surface area contributed by atoms with Gasteiger partial charge in [-0.05, 0) is 25.0 Å². The molecule has 1 amide bonds. The van der Waals surface area contributed by atoms with E-state index in [-0.39, 0.29) is 11.8 Å². The van der Waals surface area contributed by atoms with Gasteiger partial charge in [-0.1, -0.05) is 24.6 Å². The van der Waals surface area contributed by atoms with Crippen LogP contribution in [0.25, 0.3) is 10.9 Å². The third-order valence-corrected chi connectivity index (χ3v) is 5.22. The van der Waals surface area contributed by atoms with Gasteiger partial charge in [0.15, 0.2) is 0 Å². The van der Waals surface area contributed by atoms with Crippen molar-refractivity contribution in [1.29, 1.82) is 0 Å². The summed E-state index contributed by atoms with van der Waals surface area (Å²) in [5, 5.41) is 4.18. The molecule has 4 rings (SSSR count). The fraction of sp³-hybridized carbons (Fsp3) is 0.474. The molecule has 1 aromatic heterocycles. The SMILES string of the molecule is O=C(Nc1cccc2cccnc12)[C@H]1CCC[C@H]1N1CCOCC1. The molecule has 1 aliphatic carbocycles. The smallest absolute Gasteiger partial charge is 0.229 e. The van der Waals surface area contributed by atoms with E-state index < -0.39 is 0 Å². The summed E-state index contributed by atoms with van der Waals surface area (Å²) < 4.78 is 5.45. The molecule has 2 aliphatic rings. The van der Waals surface area contributed by atoms with Crippen molar-refractivity contribution in [3.63, 3.8) is 0 Å². The van der Waals surface area contributed by atoms with Crippen molar-refractivity contribution in [3.8, 4) is 0 Å². The Hall–Kier alpha value is -1.98. The van der Waals surface area contributed by atoms with Crippen molar-refractivity contribution in [2.45, 2.75) is 25.3 Å². The third kappa shape index (κ3) is 3.01. The number of morpholine rings is 1. The maximum absolute atomic E-state index is 12.9. The second-order valence-corrected chi connectivity index (χ2v) is 6.62. The van der Waals surface area contributed by atoms with E-state index in [9.17, 15) is 4.79 Å². The van der Waals surface area contributed by atoms with Gasteiger partial charge in [-0.3, -0.25) is 14.7 Å². The number of amides is 1. The van der Waals surface area contributed by atoms with Gasteiger partial charge >= 0.3 is 0 Å². The zero-order valence-corrected chi connectivity index (χ0v) is 13.8. The summed E-state index contributed by atoms with van der Waals surface area (Å²) in [6.07, 6.45) is 4.95.